The van der Waals surface area contributed by atoms with Crippen LogP contribution in [0.3, 0.4) is 0 Å². The summed E-state index contributed by atoms with van der Waals surface area (Å²) in [5.41, 5.74) is 2.17. The molecule has 1 aliphatic rings. The monoisotopic (exact) mass is 597 g/mol. The minimum absolute atomic E-state index is 0.238. The Morgan fingerprint density at radius 3 is 2.54 bits per heavy atom. The number of methoxy groups -OCH3 is 1. The highest BCUT2D eigenvalue weighted by Gasteiger charge is 2.32. The number of amides is 1. The molecule has 2 aromatic heterocycles. The van der Waals surface area contributed by atoms with E-state index in [1.165, 1.54) is 11.3 Å². The van der Waals surface area contributed by atoms with Gasteiger partial charge in [0.15, 0.2) is 8.57 Å². The number of nitrogens with zero attached hydrogens (tertiary/aromatic N) is 2. The lowest BCUT2D eigenvalue weighted by Gasteiger charge is -2.25. The molecule has 0 fully saturated rings. The number of hydrogen-bond acceptors (Lipinski definition) is 6. The van der Waals surface area contributed by atoms with Crippen LogP contribution in [0.1, 0.15) is 24.3 Å². The predicted molar refractivity (Wildman–Crippen MR) is 143 cm³/mol. The lowest BCUT2D eigenvalue weighted by atomic mass is 9.95. The number of fused-ring (bicyclic) bond motifs is 1. The number of carbonyl (C=O) groups is 1. The van der Waals surface area contributed by atoms with Crippen molar-refractivity contribution in [3.05, 3.63) is 113 Å². The molecule has 176 valence electrons. The van der Waals surface area contributed by atoms with Gasteiger partial charge in [0.05, 0.1) is 29.0 Å². The van der Waals surface area contributed by atoms with Crippen molar-refractivity contribution in [3.63, 3.8) is 0 Å². The molecule has 0 spiro atoms. The molecule has 1 aliphatic heterocycles. The molecule has 2 aromatic carbocycles. The van der Waals surface area contributed by atoms with Gasteiger partial charge in [-0.15, -0.1) is 0 Å². The minimum Gasteiger partial charge on any atom is -0.497 e. The number of anilines is 1. The molecule has 9 heteroatoms. The fourth-order valence-electron chi connectivity index (χ4n) is 3.97. The Bertz CT molecular complexity index is 1620. The summed E-state index contributed by atoms with van der Waals surface area (Å²) >= 11 is 3.35. The molecule has 0 aliphatic carbocycles. The highest BCUT2D eigenvalue weighted by atomic mass is 127. The average Bonchev–Trinajstić information content (AvgIpc) is 3.41. The van der Waals surface area contributed by atoms with Crippen LogP contribution in [-0.2, 0) is 4.79 Å². The Morgan fingerprint density at radius 2 is 1.89 bits per heavy atom. The molecule has 7 nitrogen and oxygen atoms in total. The van der Waals surface area contributed by atoms with Crippen molar-refractivity contribution in [1.82, 2.24) is 4.57 Å². The van der Waals surface area contributed by atoms with E-state index in [2.05, 4.69) is 32.9 Å². The van der Waals surface area contributed by atoms with Gasteiger partial charge in [-0.2, -0.15) is 0 Å². The molecule has 0 saturated heterocycles. The molecule has 1 N–H and O–H groups in total. The number of hydrogen-bond donors (Lipinski definition) is 1. The molecular formula is C26H20IN3O4S. The fourth-order valence-corrected chi connectivity index (χ4v) is 5.43. The van der Waals surface area contributed by atoms with Gasteiger partial charge in [0.2, 0.25) is 0 Å². The molecule has 1 atom stereocenters. The first-order chi connectivity index (χ1) is 16.9. The molecular weight excluding hydrogens is 577 g/mol. The van der Waals surface area contributed by atoms with Crippen LogP contribution in [0.4, 0.5) is 5.69 Å². The van der Waals surface area contributed by atoms with Crippen LogP contribution in [-0.4, -0.2) is 17.6 Å². The van der Waals surface area contributed by atoms with Gasteiger partial charge in [0.25, 0.3) is 11.5 Å². The van der Waals surface area contributed by atoms with Gasteiger partial charge >= 0.3 is 0 Å². The number of furan rings is 1. The van der Waals surface area contributed by atoms with Crippen molar-refractivity contribution in [1.29, 1.82) is 0 Å². The fraction of sp³-hybridized carbons (Fsp3) is 0.115. The highest BCUT2D eigenvalue weighted by Crippen LogP contribution is 2.31. The molecule has 0 bridgehead atoms. The van der Waals surface area contributed by atoms with Crippen LogP contribution in [0, 0.1) is 3.77 Å². The standard InChI is InChI=1S/C26H20IN3O4S/c1-15-22(24(31)29-17-6-4-3-5-7-17)23(16-8-10-18(33-2)11-9-16)30-25(32)20(35-26(30)28-15)14-19-12-13-21(27)34-19/h3-14,23H,1-2H3,(H,29,31)/b20-14+/t23-/m0/s1. The summed E-state index contributed by atoms with van der Waals surface area (Å²) in [4.78, 5) is 32.3. The Balaban J connectivity index is 1.67. The maximum absolute atomic E-state index is 13.6. The zero-order chi connectivity index (χ0) is 24.5. The van der Waals surface area contributed by atoms with Crippen LogP contribution >= 0.6 is 33.9 Å². The van der Waals surface area contributed by atoms with Crippen LogP contribution in [0.25, 0.3) is 6.08 Å². The topological polar surface area (TPSA) is 85.8 Å². The Hall–Kier alpha value is -3.44. The third kappa shape index (κ3) is 4.61. The number of carbonyl (C=O) groups excluding carboxylic acids is 1. The van der Waals surface area contributed by atoms with Crippen LogP contribution in [0.2, 0.25) is 0 Å². The average molecular weight is 597 g/mol. The van der Waals surface area contributed by atoms with E-state index in [-0.39, 0.29) is 11.5 Å². The van der Waals surface area contributed by atoms with E-state index in [1.54, 1.807) is 24.7 Å². The second kappa shape index (κ2) is 9.67. The van der Waals surface area contributed by atoms with Crippen molar-refractivity contribution in [2.24, 2.45) is 4.99 Å². The molecule has 3 heterocycles. The van der Waals surface area contributed by atoms with E-state index < -0.39 is 6.04 Å². The number of para-hydroxylation sites is 1. The van der Waals surface area contributed by atoms with Crippen molar-refractivity contribution in [2.45, 2.75) is 13.0 Å². The number of benzene rings is 2. The van der Waals surface area contributed by atoms with E-state index in [0.717, 1.165) is 9.33 Å². The normalized spacial score (nSPS) is 15.5. The first-order valence-electron chi connectivity index (χ1n) is 10.7. The van der Waals surface area contributed by atoms with E-state index in [1.807, 2.05) is 66.7 Å². The van der Waals surface area contributed by atoms with Gasteiger partial charge in [-0.25, -0.2) is 4.99 Å². The van der Waals surface area contributed by atoms with Gasteiger partial charge in [0, 0.05) is 11.8 Å². The maximum Gasteiger partial charge on any atom is 0.271 e. The molecule has 35 heavy (non-hydrogen) atoms. The Labute approximate surface area is 218 Å². The van der Waals surface area contributed by atoms with Crippen LogP contribution in [0.5, 0.6) is 5.75 Å². The molecule has 0 radical (unpaired) electrons. The quantitative estimate of drug-likeness (QED) is 0.352. The lowest BCUT2D eigenvalue weighted by molar-refractivity contribution is -0.113. The summed E-state index contributed by atoms with van der Waals surface area (Å²) in [6, 6.07) is 19.6. The summed E-state index contributed by atoms with van der Waals surface area (Å²) < 4.78 is 13.7. The van der Waals surface area contributed by atoms with Crippen molar-refractivity contribution < 1.29 is 13.9 Å². The van der Waals surface area contributed by atoms with Crippen LogP contribution in [0.15, 0.2) is 92.2 Å². The zero-order valence-corrected chi connectivity index (χ0v) is 21.8. The molecule has 0 unspecified atom stereocenters. The van der Waals surface area contributed by atoms with Crippen molar-refractivity contribution >= 4 is 51.6 Å². The lowest BCUT2D eigenvalue weighted by Crippen LogP contribution is -2.40. The Kier molecular flexibility index (Phi) is 6.44. The number of halogens is 1. The van der Waals surface area contributed by atoms with Gasteiger partial charge in [-0.1, -0.05) is 41.7 Å². The second-order valence-corrected chi connectivity index (χ2v) is 9.89. The van der Waals surface area contributed by atoms with Crippen molar-refractivity contribution in [2.75, 3.05) is 12.4 Å². The van der Waals surface area contributed by atoms with E-state index in [4.69, 9.17) is 9.15 Å². The van der Waals surface area contributed by atoms with Gasteiger partial charge in [-0.05, 0) is 71.5 Å². The highest BCUT2D eigenvalue weighted by molar-refractivity contribution is 14.1. The number of allylic oxidation sites excluding steroid dienone is 1. The van der Waals surface area contributed by atoms with Gasteiger partial charge < -0.3 is 14.5 Å². The summed E-state index contributed by atoms with van der Waals surface area (Å²) in [7, 11) is 1.59. The third-order valence-corrected chi connectivity index (χ3v) is 7.16. The SMILES string of the molecule is COc1ccc([C@H]2C(C(=O)Nc3ccccc3)=C(C)N=c3s/c(=C/c4ccc(I)o4)c(=O)n32)cc1. The predicted octanol–water partition coefficient (Wildman–Crippen LogP) is 4.08. The molecule has 5 rings (SSSR count). The van der Waals surface area contributed by atoms with Gasteiger partial charge in [0.1, 0.15) is 11.5 Å². The maximum atomic E-state index is 13.6. The number of rotatable bonds is 5. The van der Waals surface area contributed by atoms with Gasteiger partial charge in [-0.3, -0.25) is 14.2 Å². The smallest absolute Gasteiger partial charge is 0.271 e. The largest absolute Gasteiger partial charge is 0.497 e. The Morgan fingerprint density at radius 1 is 1.14 bits per heavy atom. The van der Waals surface area contributed by atoms with E-state index in [0.29, 0.717) is 37.8 Å². The number of nitrogens with one attached hydrogen (secondary N) is 1. The summed E-state index contributed by atoms with van der Waals surface area (Å²) in [6.45, 7) is 1.79. The van der Waals surface area contributed by atoms with Crippen molar-refractivity contribution in [3.8, 4) is 5.75 Å². The third-order valence-electron chi connectivity index (χ3n) is 5.60. The zero-order valence-electron chi connectivity index (χ0n) is 18.8. The van der Waals surface area contributed by atoms with Crippen LogP contribution < -0.4 is 24.9 Å². The van der Waals surface area contributed by atoms with E-state index >= 15 is 0 Å². The molecule has 4 aromatic rings. The summed E-state index contributed by atoms with van der Waals surface area (Å²) in [5.74, 6) is 0.955. The molecule has 1 amide bonds. The second-order valence-electron chi connectivity index (χ2n) is 7.82. The number of aromatic nitrogens is 1. The van der Waals surface area contributed by atoms with E-state index in [9.17, 15) is 9.59 Å². The summed E-state index contributed by atoms with van der Waals surface area (Å²) in [5, 5.41) is 2.95. The number of ether oxygens (including phenoxy) is 1. The molecule has 0 saturated carbocycles. The minimum atomic E-state index is -0.653. The first-order valence-corrected chi connectivity index (χ1v) is 12.6. The summed E-state index contributed by atoms with van der Waals surface area (Å²) in [6.07, 6.45) is 1.71. The first kappa shape index (κ1) is 23.3. The number of thiazole rings is 1.